The summed E-state index contributed by atoms with van der Waals surface area (Å²) in [4.78, 5) is 67.2. The Morgan fingerprint density at radius 1 is 0.667 bits per heavy atom. The van der Waals surface area contributed by atoms with Gasteiger partial charge in [-0.1, -0.05) is 76.2 Å². The fraction of sp³-hybridized carbons (Fsp3) is 0.477. The van der Waals surface area contributed by atoms with Gasteiger partial charge >= 0.3 is 12.2 Å². The standard InChI is InChI=1S/C44H55N7O6/c1-25(2)36(48-43(54)56-5)41(52)50-22-8-12-34(50)39-32-11-7-10-31(32)38(47-39)30-20-16-28(17-21-30)27-14-18-29(19-15-27)33-24-45-40(46-33)35-13-9-23-51(35)42(53)37(26(3)4)49-44(55)57-6/h14-21,24-26,34-37,47H,7-13,22-23H2,1-6H3,(H,45,46)(H,48,54)(H,49,55)/t34?,35?,36-,37-/m0/s1. The number of carbonyl (C=O) groups is 4. The first-order valence-corrected chi connectivity index (χ1v) is 20.3. The van der Waals surface area contributed by atoms with Crippen molar-refractivity contribution in [3.63, 3.8) is 0 Å². The molecule has 0 bridgehead atoms. The molecule has 2 aromatic carbocycles. The fourth-order valence-electron chi connectivity index (χ4n) is 8.86. The van der Waals surface area contributed by atoms with Gasteiger partial charge in [0.25, 0.3) is 0 Å². The number of fused-ring (bicyclic) bond motifs is 1. The number of aromatic amines is 2. The SMILES string of the molecule is COC(=O)N[C@H](C(=O)N1CCCC1c1ncc(-c2ccc(-c3ccc(-c4[nH]c(C5CCCN5C(=O)[C@@H](NC(=O)OC)C(C)C)c5c4CCC5)cc3)cc2)[nH]1)C(C)C. The summed E-state index contributed by atoms with van der Waals surface area (Å²) < 4.78 is 9.59. The van der Waals surface area contributed by atoms with Gasteiger partial charge in [-0.15, -0.1) is 0 Å². The van der Waals surface area contributed by atoms with Crippen molar-refractivity contribution in [1.29, 1.82) is 0 Å². The fourth-order valence-corrected chi connectivity index (χ4v) is 8.86. The van der Waals surface area contributed by atoms with Crippen molar-refractivity contribution >= 4 is 24.0 Å². The molecular weight excluding hydrogens is 723 g/mol. The first-order chi connectivity index (χ1) is 27.5. The maximum absolute atomic E-state index is 13.8. The average Bonchev–Trinajstić information content (AvgIpc) is 4.07. The Hall–Kier alpha value is -5.59. The number of amides is 4. The van der Waals surface area contributed by atoms with Crippen molar-refractivity contribution in [2.45, 2.75) is 96.8 Å². The number of hydrogen-bond acceptors (Lipinski definition) is 7. The number of aromatic nitrogens is 3. The number of nitrogens with zero attached hydrogens (tertiary/aromatic N) is 3. The van der Waals surface area contributed by atoms with E-state index in [4.69, 9.17) is 14.5 Å². The molecule has 0 saturated carbocycles. The lowest BCUT2D eigenvalue weighted by Crippen LogP contribution is -2.51. The van der Waals surface area contributed by atoms with Gasteiger partial charge in [0.2, 0.25) is 11.8 Å². The Labute approximate surface area is 334 Å². The average molecular weight is 778 g/mol. The number of likely N-dealkylation sites (tertiary alicyclic amines) is 2. The molecular formula is C44H55N7O6. The summed E-state index contributed by atoms with van der Waals surface area (Å²) in [5.41, 5.74) is 10.1. The molecule has 4 amide bonds. The molecule has 13 heteroatoms. The number of benzene rings is 2. The second-order valence-corrected chi connectivity index (χ2v) is 16.2. The lowest BCUT2D eigenvalue weighted by molar-refractivity contribution is -0.136. The lowest BCUT2D eigenvalue weighted by Gasteiger charge is -2.31. The summed E-state index contributed by atoms with van der Waals surface area (Å²) in [6.45, 7) is 8.95. The molecule has 2 fully saturated rings. The molecule has 2 aliphatic heterocycles. The van der Waals surface area contributed by atoms with E-state index in [1.807, 2.05) is 43.7 Å². The van der Waals surface area contributed by atoms with E-state index >= 15 is 0 Å². The highest BCUT2D eigenvalue weighted by atomic mass is 16.5. The molecule has 2 unspecified atom stereocenters. The molecule has 1 aliphatic carbocycles. The Morgan fingerprint density at radius 2 is 1.16 bits per heavy atom. The molecule has 4 atom stereocenters. The second kappa shape index (κ2) is 16.9. The van der Waals surface area contributed by atoms with E-state index in [-0.39, 0.29) is 35.7 Å². The highest BCUT2D eigenvalue weighted by Crippen LogP contribution is 2.42. The molecule has 0 radical (unpaired) electrons. The Kier molecular flexibility index (Phi) is 11.7. The Balaban J connectivity index is 1.05. The van der Waals surface area contributed by atoms with Crippen LogP contribution in [0.4, 0.5) is 9.59 Å². The monoisotopic (exact) mass is 777 g/mol. The van der Waals surface area contributed by atoms with Crippen molar-refractivity contribution in [2.24, 2.45) is 11.8 Å². The summed E-state index contributed by atoms with van der Waals surface area (Å²) in [5, 5.41) is 5.47. The predicted molar refractivity (Wildman–Crippen MR) is 217 cm³/mol. The van der Waals surface area contributed by atoms with Crippen LogP contribution < -0.4 is 10.6 Å². The molecule has 4 aromatic rings. The molecule has 2 aromatic heterocycles. The topological polar surface area (TPSA) is 162 Å². The molecule has 7 rings (SSSR count). The number of methoxy groups -OCH3 is 2. The van der Waals surface area contributed by atoms with Crippen LogP contribution in [0.3, 0.4) is 0 Å². The highest BCUT2D eigenvalue weighted by Gasteiger charge is 2.40. The number of rotatable bonds is 11. The van der Waals surface area contributed by atoms with Crippen molar-refractivity contribution in [3.05, 3.63) is 77.4 Å². The molecule has 13 nitrogen and oxygen atoms in total. The van der Waals surface area contributed by atoms with Crippen molar-refractivity contribution in [1.82, 2.24) is 35.4 Å². The zero-order valence-electron chi connectivity index (χ0n) is 33.8. The molecule has 2 saturated heterocycles. The van der Waals surface area contributed by atoms with Crippen molar-refractivity contribution < 1.29 is 28.7 Å². The normalized spacial score (nSPS) is 18.8. The van der Waals surface area contributed by atoms with Gasteiger partial charge in [-0.05, 0) is 90.2 Å². The summed E-state index contributed by atoms with van der Waals surface area (Å²) >= 11 is 0. The van der Waals surface area contributed by atoms with E-state index < -0.39 is 24.3 Å². The summed E-state index contributed by atoms with van der Waals surface area (Å²) in [6.07, 6.45) is 7.11. The summed E-state index contributed by atoms with van der Waals surface area (Å²) in [7, 11) is 2.61. The van der Waals surface area contributed by atoms with E-state index in [0.29, 0.717) is 13.1 Å². The third-order valence-electron chi connectivity index (χ3n) is 11.9. The van der Waals surface area contributed by atoms with E-state index in [2.05, 4.69) is 69.1 Å². The van der Waals surface area contributed by atoms with Crippen molar-refractivity contribution in [2.75, 3.05) is 27.3 Å². The number of nitrogens with one attached hydrogen (secondary N) is 4. The zero-order valence-corrected chi connectivity index (χ0v) is 33.8. The minimum absolute atomic E-state index is 0.0605. The highest BCUT2D eigenvalue weighted by molar-refractivity contribution is 5.87. The largest absolute Gasteiger partial charge is 0.453 e. The van der Waals surface area contributed by atoms with Crippen LogP contribution in [0.2, 0.25) is 0 Å². The zero-order chi connectivity index (χ0) is 40.4. The van der Waals surface area contributed by atoms with Crippen LogP contribution in [0.15, 0.2) is 54.7 Å². The quantitative estimate of drug-likeness (QED) is 0.124. The van der Waals surface area contributed by atoms with Gasteiger partial charge < -0.3 is 39.9 Å². The van der Waals surface area contributed by atoms with Crippen LogP contribution in [0.25, 0.3) is 33.6 Å². The minimum Gasteiger partial charge on any atom is -0.453 e. The van der Waals surface area contributed by atoms with Crippen LogP contribution in [0.5, 0.6) is 0 Å². The molecule has 4 N–H and O–H groups in total. The first-order valence-electron chi connectivity index (χ1n) is 20.3. The molecule has 57 heavy (non-hydrogen) atoms. The molecule has 302 valence electrons. The van der Waals surface area contributed by atoms with E-state index in [1.165, 1.54) is 25.3 Å². The molecule has 0 spiro atoms. The number of H-pyrrole nitrogens is 2. The maximum Gasteiger partial charge on any atom is 0.407 e. The van der Waals surface area contributed by atoms with E-state index in [9.17, 15) is 19.2 Å². The number of ether oxygens (including phenoxy) is 2. The van der Waals surface area contributed by atoms with Crippen LogP contribution in [0.1, 0.15) is 94.5 Å². The summed E-state index contributed by atoms with van der Waals surface area (Å²) in [6, 6.07) is 15.4. The third kappa shape index (κ3) is 8.01. The van der Waals surface area contributed by atoms with Gasteiger partial charge in [-0.3, -0.25) is 9.59 Å². The third-order valence-corrected chi connectivity index (χ3v) is 11.9. The summed E-state index contributed by atoms with van der Waals surface area (Å²) in [5.74, 6) is 0.354. The smallest absolute Gasteiger partial charge is 0.407 e. The van der Waals surface area contributed by atoms with Crippen LogP contribution >= 0.6 is 0 Å². The number of alkyl carbamates (subject to hydrolysis) is 2. The molecule has 4 heterocycles. The first kappa shape index (κ1) is 39.6. The van der Waals surface area contributed by atoms with Gasteiger partial charge in [-0.25, -0.2) is 14.6 Å². The van der Waals surface area contributed by atoms with Gasteiger partial charge in [0.15, 0.2) is 0 Å². The molecule has 3 aliphatic rings. The van der Waals surface area contributed by atoms with Crippen LogP contribution in [-0.2, 0) is 31.9 Å². The number of carbonyl (C=O) groups excluding carboxylic acids is 4. The van der Waals surface area contributed by atoms with Crippen molar-refractivity contribution in [3.8, 4) is 33.6 Å². The van der Waals surface area contributed by atoms with Crippen LogP contribution in [-0.4, -0.2) is 88.1 Å². The van der Waals surface area contributed by atoms with Gasteiger partial charge in [0, 0.05) is 24.5 Å². The predicted octanol–water partition coefficient (Wildman–Crippen LogP) is 7.32. The van der Waals surface area contributed by atoms with Gasteiger partial charge in [0.05, 0.1) is 38.2 Å². The Morgan fingerprint density at radius 3 is 1.70 bits per heavy atom. The van der Waals surface area contributed by atoms with Crippen LogP contribution in [0, 0.1) is 11.8 Å². The van der Waals surface area contributed by atoms with E-state index in [1.54, 1.807) is 0 Å². The number of imidazole rings is 1. The van der Waals surface area contributed by atoms with Gasteiger partial charge in [-0.2, -0.15) is 0 Å². The Bertz CT molecular complexity index is 2090. The van der Waals surface area contributed by atoms with Gasteiger partial charge in [0.1, 0.15) is 17.9 Å². The number of hydrogen-bond donors (Lipinski definition) is 4. The minimum atomic E-state index is -0.683. The van der Waals surface area contributed by atoms with E-state index in [0.717, 1.165) is 90.1 Å². The second-order valence-electron chi connectivity index (χ2n) is 16.2. The lowest BCUT2D eigenvalue weighted by atomic mass is 9.99. The maximum atomic E-state index is 13.8.